The quantitative estimate of drug-likeness (QED) is 0.449. The predicted molar refractivity (Wildman–Crippen MR) is 128 cm³/mol. The second kappa shape index (κ2) is 9.87. The van der Waals surface area contributed by atoms with Crippen LogP contribution in [0, 0.1) is 5.41 Å². The molecular formula is C25H32N4O3. The van der Waals surface area contributed by atoms with Crippen LogP contribution in [0.1, 0.15) is 49.3 Å². The first-order chi connectivity index (χ1) is 15.2. The van der Waals surface area contributed by atoms with Crippen molar-refractivity contribution in [1.29, 1.82) is 5.41 Å². The summed E-state index contributed by atoms with van der Waals surface area (Å²) in [6, 6.07) is 11.0. The number of carbonyl (C=O) groups excluding carboxylic acids is 1. The van der Waals surface area contributed by atoms with E-state index in [2.05, 4.69) is 11.5 Å². The third-order valence-corrected chi connectivity index (χ3v) is 5.81. The number of phenolic OH excluding ortho intramolecular Hbond substituents is 1. The van der Waals surface area contributed by atoms with E-state index in [1.165, 1.54) is 23.8 Å². The molecule has 0 aliphatic carbocycles. The summed E-state index contributed by atoms with van der Waals surface area (Å²) in [5, 5.41) is 19.0. The summed E-state index contributed by atoms with van der Waals surface area (Å²) in [6.45, 7) is 11.2. The molecule has 0 atom stereocenters. The smallest absolute Gasteiger partial charge is 0.284 e. The van der Waals surface area contributed by atoms with E-state index >= 15 is 0 Å². The summed E-state index contributed by atoms with van der Waals surface area (Å²) in [7, 11) is 1.55. The lowest BCUT2D eigenvalue weighted by atomic mass is 9.97. The minimum atomic E-state index is -0.885. The van der Waals surface area contributed by atoms with E-state index in [4.69, 9.17) is 15.9 Å². The first-order valence-corrected chi connectivity index (χ1v) is 10.8. The number of phenols is 1. The van der Waals surface area contributed by atoms with Crippen molar-refractivity contribution in [2.24, 2.45) is 5.73 Å². The van der Waals surface area contributed by atoms with Crippen molar-refractivity contribution in [3.63, 3.8) is 0 Å². The molecule has 1 aliphatic rings. The zero-order chi connectivity index (χ0) is 23.4. The number of likely N-dealkylation sites (tertiary alicyclic amines) is 1. The van der Waals surface area contributed by atoms with Crippen molar-refractivity contribution >= 4 is 23.1 Å². The molecule has 1 heterocycles. The highest BCUT2D eigenvalue weighted by Crippen LogP contribution is 2.38. The summed E-state index contributed by atoms with van der Waals surface area (Å²) in [4.78, 5) is 15.7. The number of nitrogens with zero attached hydrogens (tertiary/aromatic N) is 2. The molecule has 170 valence electrons. The molecule has 2 aromatic carbocycles. The van der Waals surface area contributed by atoms with E-state index in [9.17, 15) is 9.90 Å². The summed E-state index contributed by atoms with van der Waals surface area (Å²) < 4.78 is 5.40. The lowest BCUT2D eigenvalue weighted by Gasteiger charge is -2.27. The van der Waals surface area contributed by atoms with Crippen LogP contribution in [0.4, 0.5) is 5.69 Å². The maximum absolute atomic E-state index is 11.9. The van der Waals surface area contributed by atoms with Crippen molar-refractivity contribution in [3.8, 4) is 11.5 Å². The number of hydrogen-bond acceptors (Lipinski definition) is 5. The Labute approximate surface area is 189 Å². The van der Waals surface area contributed by atoms with Crippen molar-refractivity contribution < 1.29 is 14.6 Å². The fraction of sp³-hybridized carbons (Fsp3) is 0.360. The Balaban J connectivity index is 1.97. The topological polar surface area (TPSA) is 103 Å². The molecule has 1 aliphatic heterocycles. The van der Waals surface area contributed by atoms with Gasteiger partial charge in [0.1, 0.15) is 11.5 Å². The molecule has 0 bridgehead atoms. The number of rotatable bonds is 7. The number of nitrogens with two attached hydrogens (primary N) is 1. The second-order valence-electron chi connectivity index (χ2n) is 8.41. The fourth-order valence-electron chi connectivity index (χ4n) is 4.04. The van der Waals surface area contributed by atoms with Crippen LogP contribution >= 0.6 is 0 Å². The molecule has 1 saturated heterocycles. The third kappa shape index (κ3) is 4.94. The van der Waals surface area contributed by atoms with Crippen LogP contribution in [-0.2, 0) is 11.3 Å². The molecule has 4 N–H and O–H groups in total. The molecule has 0 spiro atoms. The molecular weight excluding hydrogens is 404 g/mol. The Hall–Kier alpha value is -3.32. The van der Waals surface area contributed by atoms with E-state index in [0.717, 1.165) is 30.8 Å². The molecule has 2 aromatic rings. The first-order valence-electron chi connectivity index (χ1n) is 10.8. The SMILES string of the molecule is C=C(c1cc(C(C)C)c(OC)cc1O)N(C(=N)C(N)=O)c1ccc(CN2CCCC2)cc1. The molecule has 7 heteroatoms. The van der Waals surface area contributed by atoms with Crippen LogP contribution in [0.3, 0.4) is 0 Å². The molecule has 0 aromatic heterocycles. The number of carbonyl (C=O) groups is 1. The van der Waals surface area contributed by atoms with Crippen LogP contribution < -0.4 is 15.4 Å². The maximum atomic E-state index is 11.9. The first kappa shape index (κ1) is 23.3. The van der Waals surface area contributed by atoms with E-state index in [0.29, 0.717) is 17.0 Å². The Morgan fingerprint density at radius 2 is 1.88 bits per heavy atom. The van der Waals surface area contributed by atoms with Gasteiger partial charge in [-0.3, -0.25) is 20.0 Å². The molecule has 3 rings (SSSR count). The number of benzene rings is 2. The average Bonchev–Trinajstić information content (AvgIpc) is 3.27. The van der Waals surface area contributed by atoms with Gasteiger partial charge in [-0.2, -0.15) is 0 Å². The van der Waals surface area contributed by atoms with Crippen molar-refractivity contribution in [3.05, 3.63) is 59.7 Å². The Morgan fingerprint density at radius 1 is 1.25 bits per heavy atom. The molecule has 1 amide bonds. The molecule has 32 heavy (non-hydrogen) atoms. The molecule has 7 nitrogen and oxygen atoms in total. The number of aromatic hydroxyl groups is 1. The van der Waals surface area contributed by atoms with Gasteiger partial charge in [-0.1, -0.05) is 32.6 Å². The number of amidine groups is 1. The number of primary amides is 1. The minimum absolute atomic E-state index is 0.0517. The molecule has 1 fully saturated rings. The van der Waals surface area contributed by atoms with E-state index in [1.54, 1.807) is 13.2 Å². The zero-order valence-corrected chi connectivity index (χ0v) is 19.0. The lowest BCUT2D eigenvalue weighted by Crippen LogP contribution is -2.38. The molecule has 0 unspecified atom stereocenters. The average molecular weight is 437 g/mol. The van der Waals surface area contributed by atoms with Gasteiger partial charge in [0.15, 0.2) is 5.84 Å². The summed E-state index contributed by atoms with van der Waals surface area (Å²) in [5.41, 5.74) is 8.75. The maximum Gasteiger partial charge on any atom is 0.284 e. The van der Waals surface area contributed by atoms with Crippen molar-refractivity contribution in [1.82, 2.24) is 4.90 Å². The van der Waals surface area contributed by atoms with Crippen LogP contribution in [0.2, 0.25) is 0 Å². The van der Waals surface area contributed by atoms with Gasteiger partial charge in [0.05, 0.1) is 12.8 Å². The zero-order valence-electron chi connectivity index (χ0n) is 19.0. The normalized spacial score (nSPS) is 13.9. The van der Waals surface area contributed by atoms with Gasteiger partial charge in [0.2, 0.25) is 0 Å². The van der Waals surface area contributed by atoms with Gasteiger partial charge in [-0.15, -0.1) is 0 Å². The highest BCUT2D eigenvalue weighted by atomic mass is 16.5. The number of amides is 1. The van der Waals surface area contributed by atoms with Crippen LogP contribution in [0.25, 0.3) is 5.70 Å². The predicted octanol–water partition coefficient (Wildman–Crippen LogP) is 4.06. The number of hydrogen-bond donors (Lipinski definition) is 3. The Kier molecular flexibility index (Phi) is 7.20. The van der Waals surface area contributed by atoms with Gasteiger partial charge in [0.25, 0.3) is 5.91 Å². The number of anilines is 1. The number of ether oxygens (including phenoxy) is 1. The van der Waals surface area contributed by atoms with Gasteiger partial charge < -0.3 is 15.6 Å². The van der Waals surface area contributed by atoms with Crippen LogP contribution in [0.5, 0.6) is 11.5 Å². The standard InChI is InChI=1S/C25H32N4O3/c1-16(2)20-13-21(22(30)14-23(20)32-4)17(3)29(24(26)25(27)31)19-9-7-18(8-10-19)15-28-11-5-6-12-28/h7-10,13-14,16,26,30H,3,5-6,11-12,15H2,1-2,4H3,(H2,27,31). The summed E-state index contributed by atoms with van der Waals surface area (Å²) in [5.74, 6) is -0.667. The number of nitrogens with one attached hydrogen (secondary N) is 1. The van der Waals surface area contributed by atoms with E-state index < -0.39 is 11.7 Å². The number of methoxy groups -OCH3 is 1. The molecule has 0 saturated carbocycles. The van der Waals surface area contributed by atoms with Gasteiger partial charge in [-0.05, 0) is 61.2 Å². The molecule has 0 radical (unpaired) electrons. The Bertz CT molecular complexity index is 1010. The largest absolute Gasteiger partial charge is 0.507 e. The van der Waals surface area contributed by atoms with Gasteiger partial charge in [-0.25, -0.2) is 0 Å². The summed E-state index contributed by atoms with van der Waals surface area (Å²) >= 11 is 0. The van der Waals surface area contributed by atoms with Crippen molar-refractivity contribution in [2.75, 3.05) is 25.1 Å². The van der Waals surface area contributed by atoms with Gasteiger partial charge >= 0.3 is 0 Å². The van der Waals surface area contributed by atoms with Gasteiger partial charge in [0, 0.05) is 23.9 Å². The van der Waals surface area contributed by atoms with Crippen LogP contribution in [-0.4, -0.2) is 41.9 Å². The Morgan fingerprint density at radius 3 is 2.41 bits per heavy atom. The summed E-state index contributed by atoms with van der Waals surface area (Å²) in [6.07, 6.45) is 2.45. The lowest BCUT2D eigenvalue weighted by molar-refractivity contribution is -0.112. The van der Waals surface area contributed by atoms with E-state index in [-0.39, 0.29) is 17.4 Å². The fourth-order valence-corrected chi connectivity index (χ4v) is 4.04. The highest BCUT2D eigenvalue weighted by molar-refractivity contribution is 6.43. The van der Waals surface area contributed by atoms with E-state index in [1.807, 2.05) is 38.1 Å². The van der Waals surface area contributed by atoms with Crippen molar-refractivity contribution in [2.45, 2.75) is 39.2 Å². The third-order valence-electron chi connectivity index (χ3n) is 5.81. The minimum Gasteiger partial charge on any atom is -0.507 e. The van der Waals surface area contributed by atoms with Crippen LogP contribution in [0.15, 0.2) is 43.0 Å². The second-order valence-corrected chi connectivity index (χ2v) is 8.41. The highest BCUT2D eigenvalue weighted by Gasteiger charge is 2.24. The monoisotopic (exact) mass is 436 g/mol.